The number of fused-ring (bicyclic) bond motifs is 1. The van der Waals surface area contributed by atoms with Crippen LogP contribution >= 0.6 is 0 Å². The Labute approximate surface area is 163 Å². The van der Waals surface area contributed by atoms with Gasteiger partial charge in [-0.15, -0.1) is 0 Å². The summed E-state index contributed by atoms with van der Waals surface area (Å²) in [6.45, 7) is -1.65. The third-order valence-electron chi connectivity index (χ3n) is 4.31. The molecular weight excluding hydrogens is 387 g/mol. The Morgan fingerprint density at radius 1 is 1.10 bits per heavy atom. The van der Waals surface area contributed by atoms with Crippen LogP contribution in [0.2, 0.25) is 0 Å². The van der Waals surface area contributed by atoms with Gasteiger partial charge in [0, 0.05) is 11.1 Å². The van der Waals surface area contributed by atoms with Crippen molar-refractivity contribution < 1.29 is 27.4 Å². The fourth-order valence-corrected chi connectivity index (χ4v) is 3.02. The van der Waals surface area contributed by atoms with Crippen molar-refractivity contribution in [3.63, 3.8) is 0 Å². The molecule has 3 aromatic rings. The van der Waals surface area contributed by atoms with E-state index in [1.807, 2.05) is 30.3 Å². The van der Waals surface area contributed by atoms with Crippen molar-refractivity contribution in [3.8, 4) is 22.9 Å². The first-order valence-electron chi connectivity index (χ1n) is 8.74. The number of H-pyrrole nitrogens is 1. The number of alkyl halides is 3. The fraction of sp³-hybridized carbons (Fsp3) is 0.200. The highest BCUT2D eigenvalue weighted by Crippen LogP contribution is 2.33. The summed E-state index contributed by atoms with van der Waals surface area (Å²) in [4.78, 5) is 20.7. The van der Waals surface area contributed by atoms with Gasteiger partial charge in [0.25, 0.3) is 5.91 Å². The molecular formula is C20H16F3N3O3. The van der Waals surface area contributed by atoms with Crippen LogP contribution in [0, 0.1) is 0 Å². The molecule has 0 saturated carbocycles. The minimum Gasteiger partial charge on any atom is -0.454 e. The van der Waals surface area contributed by atoms with Gasteiger partial charge in [-0.2, -0.15) is 13.2 Å². The van der Waals surface area contributed by atoms with Gasteiger partial charge in [0.15, 0.2) is 11.5 Å². The van der Waals surface area contributed by atoms with Gasteiger partial charge in [-0.3, -0.25) is 4.79 Å². The molecule has 0 unspecified atom stereocenters. The quantitative estimate of drug-likeness (QED) is 0.699. The zero-order chi connectivity index (χ0) is 20.4. The molecule has 0 fully saturated rings. The molecule has 1 aromatic heterocycles. The standard InChI is InChI=1S/C20H16F3N3O3/c21-20(22,23)11-26(19(27)14-6-7-16-17(8-14)29-12-28-16)10-15-9-24-18(25-15)13-4-2-1-3-5-13/h1-9H,10-12H2,(H,24,25). The van der Waals surface area contributed by atoms with Gasteiger partial charge in [0.2, 0.25) is 6.79 Å². The molecule has 2 heterocycles. The second kappa shape index (κ2) is 7.50. The van der Waals surface area contributed by atoms with Crippen molar-refractivity contribution >= 4 is 5.91 Å². The molecule has 6 nitrogen and oxygen atoms in total. The number of carbonyl (C=O) groups is 1. The predicted octanol–water partition coefficient (Wildman–Crippen LogP) is 4.01. The maximum atomic E-state index is 13.1. The summed E-state index contributed by atoms with van der Waals surface area (Å²) in [6, 6.07) is 13.5. The van der Waals surface area contributed by atoms with Gasteiger partial charge < -0.3 is 19.4 Å². The van der Waals surface area contributed by atoms with E-state index in [-0.39, 0.29) is 18.9 Å². The summed E-state index contributed by atoms with van der Waals surface area (Å²) in [7, 11) is 0. The Balaban J connectivity index is 1.57. The molecule has 150 valence electrons. The Morgan fingerprint density at radius 2 is 1.86 bits per heavy atom. The lowest BCUT2D eigenvalue weighted by Crippen LogP contribution is -2.38. The number of benzene rings is 2. The van der Waals surface area contributed by atoms with Crippen LogP contribution < -0.4 is 9.47 Å². The van der Waals surface area contributed by atoms with Crippen molar-refractivity contribution in [1.82, 2.24) is 14.9 Å². The first-order chi connectivity index (χ1) is 13.9. The fourth-order valence-electron chi connectivity index (χ4n) is 3.02. The molecule has 1 aliphatic heterocycles. The highest BCUT2D eigenvalue weighted by Gasteiger charge is 2.34. The Kier molecular flexibility index (Phi) is 4.87. The summed E-state index contributed by atoms with van der Waals surface area (Å²) in [5, 5.41) is 0. The molecule has 4 rings (SSSR count). The number of aromatic nitrogens is 2. The maximum Gasteiger partial charge on any atom is 0.406 e. The molecule has 0 saturated heterocycles. The first-order valence-corrected chi connectivity index (χ1v) is 8.74. The van der Waals surface area contributed by atoms with E-state index in [2.05, 4.69) is 9.97 Å². The summed E-state index contributed by atoms with van der Waals surface area (Å²) in [5.41, 5.74) is 1.27. The van der Waals surface area contributed by atoms with Crippen LogP contribution in [-0.4, -0.2) is 40.3 Å². The SMILES string of the molecule is O=C(c1ccc2c(c1)OCO2)N(Cc1cnc(-c2ccccc2)[nH]1)CC(F)(F)F. The summed E-state index contributed by atoms with van der Waals surface area (Å²) >= 11 is 0. The van der Waals surface area contributed by atoms with E-state index in [0.29, 0.717) is 23.0 Å². The number of carbonyl (C=O) groups excluding carboxylic acids is 1. The number of aromatic amines is 1. The van der Waals surface area contributed by atoms with Crippen molar-refractivity contribution in [3.05, 3.63) is 66.0 Å². The molecule has 0 spiro atoms. The molecule has 29 heavy (non-hydrogen) atoms. The number of rotatable bonds is 5. The molecule has 0 bridgehead atoms. The van der Waals surface area contributed by atoms with Crippen LogP contribution in [0.3, 0.4) is 0 Å². The summed E-state index contributed by atoms with van der Waals surface area (Å²) in [6.07, 6.45) is -3.12. The number of hydrogen-bond acceptors (Lipinski definition) is 4. The zero-order valence-corrected chi connectivity index (χ0v) is 15.1. The second-order valence-electron chi connectivity index (χ2n) is 6.47. The average molecular weight is 403 g/mol. The third kappa shape index (κ3) is 4.34. The van der Waals surface area contributed by atoms with Crippen LogP contribution in [0.15, 0.2) is 54.7 Å². The van der Waals surface area contributed by atoms with Crippen molar-refractivity contribution in [2.24, 2.45) is 0 Å². The lowest BCUT2D eigenvalue weighted by Gasteiger charge is -2.23. The smallest absolute Gasteiger partial charge is 0.406 e. The Hall–Kier alpha value is -3.49. The minimum atomic E-state index is -4.55. The summed E-state index contributed by atoms with van der Waals surface area (Å²) < 4.78 is 49.7. The highest BCUT2D eigenvalue weighted by atomic mass is 19.4. The first kappa shape index (κ1) is 18.9. The second-order valence-corrected chi connectivity index (χ2v) is 6.47. The third-order valence-corrected chi connectivity index (χ3v) is 4.31. The molecule has 0 atom stereocenters. The van der Waals surface area contributed by atoms with Gasteiger partial charge in [0.05, 0.1) is 18.4 Å². The number of ether oxygens (including phenoxy) is 2. The normalized spacial score (nSPS) is 12.8. The van der Waals surface area contributed by atoms with E-state index in [0.717, 1.165) is 10.5 Å². The number of nitrogens with zero attached hydrogens (tertiary/aromatic N) is 2. The molecule has 1 aliphatic rings. The average Bonchev–Trinajstić information content (AvgIpc) is 3.35. The van der Waals surface area contributed by atoms with E-state index in [9.17, 15) is 18.0 Å². The van der Waals surface area contributed by atoms with Crippen LogP contribution in [0.25, 0.3) is 11.4 Å². The van der Waals surface area contributed by atoms with Gasteiger partial charge in [-0.1, -0.05) is 30.3 Å². The van der Waals surface area contributed by atoms with E-state index >= 15 is 0 Å². The molecule has 2 aromatic carbocycles. The topological polar surface area (TPSA) is 67.5 Å². The van der Waals surface area contributed by atoms with Crippen molar-refractivity contribution in [2.45, 2.75) is 12.7 Å². The Bertz CT molecular complexity index is 1020. The number of hydrogen-bond donors (Lipinski definition) is 1. The number of halogens is 3. The number of imidazole rings is 1. The predicted molar refractivity (Wildman–Crippen MR) is 97.4 cm³/mol. The van der Waals surface area contributed by atoms with Crippen LogP contribution in [-0.2, 0) is 6.54 Å². The monoisotopic (exact) mass is 403 g/mol. The van der Waals surface area contributed by atoms with E-state index in [1.54, 1.807) is 0 Å². The van der Waals surface area contributed by atoms with E-state index in [1.165, 1.54) is 24.4 Å². The molecule has 1 N–H and O–H groups in total. The lowest BCUT2D eigenvalue weighted by molar-refractivity contribution is -0.141. The van der Waals surface area contributed by atoms with Gasteiger partial charge >= 0.3 is 6.18 Å². The zero-order valence-electron chi connectivity index (χ0n) is 15.1. The Morgan fingerprint density at radius 3 is 2.62 bits per heavy atom. The summed E-state index contributed by atoms with van der Waals surface area (Å²) in [5.74, 6) is 0.528. The molecule has 0 radical (unpaired) electrons. The van der Waals surface area contributed by atoms with Crippen LogP contribution in [0.4, 0.5) is 13.2 Å². The van der Waals surface area contributed by atoms with Crippen LogP contribution in [0.5, 0.6) is 11.5 Å². The number of nitrogens with one attached hydrogen (secondary N) is 1. The molecule has 1 amide bonds. The largest absolute Gasteiger partial charge is 0.454 e. The van der Waals surface area contributed by atoms with Crippen LogP contribution in [0.1, 0.15) is 16.1 Å². The highest BCUT2D eigenvalue weighted by molar-refractivity contribution is 5.95. The molecule has 0 aliphatic carbocycles. The van der Waals surface area contributed by atoms with Gasteiger partial charge in [0.1, 0.15) is 12.4 Å². The minimum absolute atomic E-state index is 0.00957. The maximum absolute atomic E-state index is 13.1. The van der Waals surface area contributed by atoms with Gasteiger partial charge in [-0.25, -0.2) is 4.98 Å². The van der Waals surface area contributed by atoms with E-state index in [4.69, 9.17) is 9.47 Å². The van der Waals surface area contributed by atoms with Crippen molar-refractivity contribution in [2.75, 3.05) is 13.3 Å². The van der Waals surface area contributed by atoms with Crippen molar-refractivity contribution in [1.29, 1.82) is 0 Å². The lowest BCUT2D eigenvalue weighted by atomic mass is 10.1. The molecule has 9 heteroatoms. The van der Waals surface area contributed by atoms with E-state index < -0.39 is 18.6 Å². The van der Waals surface area contributed by atoms with Gasteiger partial charge in [-0.05, 0) is 18.2 Å². The number of amides is 1.